The maximum atomic E-state index is 12.0. The van der Waals surface area contributed by atoms with Crippen LogP contribution >= 0.6 is 34.8 Å². The minimum Gasteiger partial charge on any atom is -0.495 e. The minimum absolute atomic E-state index is 0.170. The molecule has 23 heavy (non-hydrogen) atoms. The summed E-state index contributed by atoms with van der Waals surface area (Å²) in [5.41, 5.74) is 1.22. The van der Waals surface area contributed by atoms with Gasteiger partial charge < -0.3 is 15.4 Å². The average molecular weight is 374 g/mol. The molecule has 2 rings (SSSR count). The molecule has 0 fully saturated rings. The van der Waals surface area contributed by atoms with Gasteiger partial charge in [0.2, 0.25) is 5.91 Å². The number of rotatable bonds is 6. The van der Waals surface area contributed by atoms with Crippen LogP contribution in [0.1, 0.15) is 6.42 Å². The standard InChI is InChI=1S/C16H15Cl3N2O2/c1-23-14-6-5-10(17)9-13(14)21-15(22)7-8-20-12-4-2-3-11(18)16(12)19/h2-6,9,20H,7-8H2,1H3,(H,21,22). The van der Waals surface area contributed by atoms with Crippen LogP contribution in [0.25, 0.3) is 0 Å². The van der Waals surface area contributed by atoms with Crippen LogP contribution in [0, 0.1) is 0 Å². The average Bonchev–Trinajstić information content (AvgIpc) is 2.52. The maximum Gasteiger partial charge on any atom is 0.226 e. The molecule has 0 atom stereocenters. The van der Waals surface area contributed by atoms with E-state index < -0.39 is 0 Å². The van der Waals surface area contributed by atoms with Gasteiger partial charge in [-0.05, 0) is 30.3 Å². The minimum atomic E-state index is -0.170. The van der Waals surface area contributed by atoms with Crippen LogP contribution < -0.4 is 15.4 Å². The predicted molar refractivity (Wildman–Crippen MR) is 96.2 cm³/mol. The summed E-state index contributed by atoms with van der Waals surface area (Å²) in [5, 5.41) is 7.26. The summed E-state index contributed by atoms with van der Waals surface area (Å²) in [6.45, 7) is 0.411. The van der Waals surface area contributed by atoms with Crippen molar-refractivity contribution < 1.29 is 9.53 Å². The van der Waals surface area contributed by atoms with Crippen molar-refractivity contribution in [3.63, 3.8) is 0 Å². The van der Waals surface area contributed by atoms with E-state index in [1.807, 2.05) is 0 Å². The van der Waals surface area contributed by atoms with Crippen molar-refractivity contribution in [1.29, 1.82) is 0 Å². The molecule has 0 radical (unpaired) electrons. The molecule has 122 valence electrons. The van der Waals surface area contributed by atoms with Gasteiger partial charge in [-0.1, -0.05) is 40.9 Å². The molecule has 2 aromatic carbocycles. The first-order valence-corrected chi connectivity index (χ1v) is 7.96. The lowest BCUT2D eigenvalue weighted by Crippen LogP contribution is -2.16. The summed E-state index contributed by atoms with van der Waals surface area (Å²) in [5.74, 6) is 0.379. The molecule has 0 saturated carbocycles. The molecular weight excluding hydrogens is 359 g/mol. The molecule has 0 aliphatic carbocycles. The van der Waals surface area contributed by atoms with Gasteiger partial charge in [-0.25, -0.2) is 0 Å². The highest BCUT2D eigenvalue weighted by atomic mass is 35.5. The van der Waals surface area contributed by atoms with Crippen molar-refractivity contribution >= 4 is 52.1 Å². The van der Waals surface area contributed by atoms with Crippen LogP contribution in [0.3, 0.4) is 0 Å². The lowest BCUT2D eigenvalue weighted by Gasteiger charge is -2.12. The van der Waals surface area contributed by atoms with Crippen molar-refractivity contribution in [2.75, 3.05) is 24.3 Å². The number of carbonyl (C=O) groups is 1. The van der Waals surface area contributed by atoms with Gasteiger partial charge in [0.1, 0.15) is 5.75 Å². The molecule has 2 N–H and O–H groups in total. The fourth-order valence-electron chi connectivity index (χ4n) is 1.94. The first kappa shape index (κ1) is 17.7. The highest BCUT2D eigenvalue weighted by Gasteiger charge is 2.09. The number of hydrogen-bond acceptors (Lipinski definition) is 3. The third-order valence-corrected chi connectivity index (χ3v) is 4.11. The molecule has 0 spiro atoms. The Kier molecular flexibility index (Phi) is 6.39. The molecule has 2 aromatic rings. The quantitative estimate of drug-likeness (QED) is 0.741. The van der Waals surface area contributed by atoms with Crippen molar-refractivity contribution in [2.45, 2.75) is 6.42 Å². The second kappa shape index (κ2) is 8.29. The maximum absolute atomic E-state index is 12.0. The summed E-state index contributed by atoms with van der Waals surface area (Å²) < 4.78 is 5.18. The number of anilines is 2. The van der Waals surface area contributed by atoms with Gasteiger partial charge >= 0.3 is 0 Å². The fourth-order valence-corrected chi connectivity index (χ4v) is 2.48. The van der Waals surface area contributed by atoms with E-state index in [-0.39, 0.29) is 12.3 Å². The van der Waals surface area contributed by atoms with E-state index in [4.69, 9.17) is 39.5 Å². The van der Waals surface area contributed by atoms with Crippen LogP contribution in [0.5, 0.6) is 5.75 Å². The molecule has 0 bridgehead atoms. The summed E-state index contributed by atoms with van der Waals surface area (Å²) in [6.07, 6.45) is 0.249. The van der Waals surface area contributed by atoms with Crippen molar-refractivity contribution in [2.24, 2.45) is 0 Å². The van der Waals surface area contributed by atoms with E-state index in [0.717, 1.165) is 0 Å². The second-order valence-corrected chi connectivity index (χ2v) is 5.89. The molecule has 0 heterocycles. The topological polar surface area (TPSA) is 50.4 Å². The molecule has 4 nitrogen and oxygen atoms in total. The van der Waals surface area contributed by atoms with Crippen LogP contribution in [0.2, 0.25) is 15.1 Å². The monoisotopic (exact) mass is 372 g/mol. The third-order valence-electron chi connectivity index (χ3n) is 3.05. The van der Waals surface area contributed by atoms with Gasteiger partial charge in [0.25, 0.3) is 0 Å². The molecule has 0 aliphatic heterocycles. The van der Waals surface area contributed by atoms with Crippen molar-refractivity contribution in [3.8, 4) is 5.75 Å². The number of carbonyl (C=O) groups excluding carboxylic acids is 1. The second-order valence-electron chi connectivity index (χ2n) is 4.67. The number of amides is 1. The van der Waals surface area contributed by atoms with E-state index in [2.05, 4.69) is 10.6 Å². The van der Waals surface area contributed by atoms with Gasteiger partial charge in [0, 0.05) is 18.0 Å². The number of methoxy groups -OCH3 is 1. The zero-order chi connectivity index (χ0) is 16.8. The van der Waals surface area contributed by atoms with Crippen molar-refractivity contribution in [3.05, 3.63) is 51.5 Å². The number of ether oxygens (including phenoxy) is 1. The van der Waals surface area contributed by atoms with Gasteiger partial charge in [-0.3, -0.25) is 4.79 Å². The molecule has 0 saturated heterocycles. The third kappa shape index (κ3) is 4.93. The molecule has 0 aliphatic rings. The first-order chi connectivity index (χ1) is 11.0. The normalized spacial score (nSPS) is 10.3. The van der Waals surface area contributed by atoms with Gasteiger partial charge in [-0.15, -0.1) is 0 Å². The zero-order valence-electron chi connectivity index (χ0n) is 12.3. The van der Waals surface area contributed by atoms with Gasteiger partial charge in [0.15, 0.2) is 0 Å². The Morgan fingerprint density at radius 1 is 1.13 bits per heavy atom. The summed E-state index contributed by atoms with van der Waals surface area (Å²) in [7, 11) is 1.53. The highest BCUT2D eigenvalue weighted by Crippen LogP contribution is 2.30. The fraction of sp³-hybridized carbons (Fsp3) is 0.188. The Balaban J connectivity index is 1.91. The predicted octanol–water partition coefficient (Wildman–Crippen LogP) is 5.10. The Hall–Kier alpha value is -1.62. The molecular formula is C16H15Cl3N2O2. The van der Waals surface area contributed by atoms with E-state index in [9.17, 15) is 4.79 Å². The molecule has 7 heteroatoms. The number of halogens is 3. The Morgan fingerprint density at radius 2 is 1.91 bits per heavy atom. The summed E-state index contributed by atoms with van der Waals surface area (Å²) >= 11 is 17.9. The Labute approximate surface area is 149 Å². The SMILES string of the molecule is COc1ccc(Cl)cc1NC(=O)CCNc1cccc(Cl)c1Cl. The summed E-state index contributed by atoms with van der Waals surface area (Å²) in [4.78, 5) is 12.0. The van der Waals surface area contributed by atoms with Crippen LogP contribution in [0.15, 0.2) is 36.4 Å². The number of hydrogen-bond donors (Lipinski definition) is 2. The number of benzene rings is 2. The van der Waals surface area contributed by atoms with Crippen LogP contribution in [0.4, 0.5) is 11.4 Å². The molecule has 0 unspecified atom stereocenters. The van der Waals surface area contributed by atoms with E-state index >= 15 is 0 Å². The Morgan fingerprint density at radius 3 is 2.65 bits per heavy atom. The van der Waals surface area contributed by atoms with Gasteiger partial charge in [-0.2, -0.15) is 0 Å². The number of nitrogens with one attached hydrogen (secondary N) is 2. The van der Waals surface area contributed by atoms with E-state index in [1.165, 1.54) is 7.11 Å². The van der Waals surface area contributed by atoms with E-state index in [0.29, 0.717) is 38.7 Å². The van der Waals surface area contributed by atoms with Crippen LogP contribution in [-0.4, -0.2) is 19.6 Å². The zero-order valence-corrected chi connectivity index (χ0v) is 14.6. The first-order valence-electron chi connectivity index (χ1n) is 6.82. The van der Waals surface area contributed by atoms with Crippen LogP contribution in [-0.2, 0) is 4.79 Å². The highest BCUT2D eigenvalue weighted by molar-refractivity contribution is 6.43. The van der Waals surface area contributed by atoms with Crippen molar-refractivity contribution in [1.82, 2.24) is 0 Å². The lowest BCUT2D eigenvalue weighted by atomic mass is 10.2. The van der Waals surface area contributed by atoms with E-state index in [1.54, 1.807) is 36.4 Å². The largest absolute Gasteiger partial charge is 0.495 e. The Bertz CT molecular complexity index is 708. The lowest BCUT2D eigenvalue weighted by molar-refractivity contribution is -0.115. The van der Waals surface area contributed by atoms with Gasteiger partial charge in [0.05, 0.1) is 28.5 Å². The molecule has 1 amide bonds. The molecule has 0 aromatic heterocycles. The summed E-state index contributed by atoms with van der Waals surface area (Å²) in [6, 6.07) is 10.3. The smallest absolute Gasteiger partial charge is 0.226 e.